The van der Waals surface area contributed by atoms with Gasteiger partial charge in [-0.05, 0) is 90.0 Å². The molecule has 52 heavy (non-hydrogen) atoms. The van der Waals surface area contributed by atoms with E-state index in [1.165, 1.54) is 87.9 Å². The number of para-hydroxylation sites is 5. The monoisotopic (exact) mass is 662 g/mol. The Labute approximate surface area is 298 Å². The molecule has 0 unspecified atom stereocenters. The molecule has 0 saturated heterocycles. The lowest BCUT2D eigenvalue weighted by atomic mass is 10.0. The van der Waals surface area contributed by atoms with E-state index in [0.29, 0.717) is 0 Å². The van der Waals surface area contributed by atoms with Crippen molar-refractivity contribution < 1.29 is 0 Å². The predicted molar refractivity (Wildman–Crippen MR) is 217 cm³/mol. The molecule has 7 aromatic carbocycles. The van der Waals surface area contributed by atoms with Crippen LogP contribution in [0.5, 0.6) is 0 Å². The average Bonchev–Trinajstić information content (AvgIpc) is 3.96. The van der Waals surface area contributed by atoms with E-state index in [-0.39, 0.29) is 0 Å². The Hall–Kier alpha value is -7.04. The van der Waals surface area contributed by atoms with Gasteiger partial charge in [0.25, 0.3) is 0 Å². The van der Waals surface area contributed by atoms with Gasteiger partial charge in [-0.2, -0.15) is 0 Å². The molecule has 0 fully saturated rings. The standard InChI is InChI=1S/C48H30N4/c1-3-15-35(16-4-1)49-42-22-12-9-19-37(42)38-27-31(23-25-43(38)49)32-24-26-44-39(28-32)47-48(50(44)36-17-5-2-6-18-36)52-41-21-11-8-14-34(41)30-46(52)45-29-33-13-7-10-20-40(33)51(45)47/h1-30H. The fourth-order valence-corrected chi connectivity index (χ4v) is 8.87. The van der Waals surface area contributed by atoms with Crippen LogP contribution in [0.1, 0.15) is 0 Å². The van der Waals surface area contributed by atoms with Gasteiger partial charge >= 0.3 is 0 Å². The highest BCUT2D eigenvalue weighted by Crippen LogP contribution is 2.42. The van der Waals surface area contributed by atoms with E-state index in [1.54, 1.807) is 0 Å². The van der Waals surface area contributed by atoms with E-state index in [4.69, 9.17) is 0 Å². The number of nitrogens with zero attached hydrogens (tertiary/aromatic N) is 4. The second-order valence-corrected chi connectivity index (χ2v) is 13.8. The van der Waals surface area contributed by atoms with Gasteiger partial charge in [0.1, 0.15) is 5.65 Å². The van der Waals surface area contributed by atoms with Crippen molar-refractivity contribution >= 4 is 76.7 Å². The van der Waals surface area contributed by atoms with Gasteiger partial charge in [-0.1, -0.05) is 103 Å². The topological polar surface area (TPSA) is 18.7 Å². The molecule has 0 radical (unpaired) electrons. The number of fused-ring (bicyclic) bond motifs is 15. The second-order valence-electron chi connectivity index (χ2n) is 13.8. The van der Waals surface area contributed by atoms with Crippen LogP contribution in [-0.2, 0) is 0 Å². The fourth-order valence-electron chi connectivity index (χ4n) is 8.87. The van der Waals surface area contributed by atoms with Crippen molar-refractivity contribution in [2.45, 2.75) is 0 Å². The maximum Gasteiger partial charge on any atom is 0.148 e. The minimum atomic E-state index is 1.14. The van der Waals surface area contributed by atoms with Crippen molar-refractivity contribution in [3.63, 3.8) is 0 Å². The molecule has 0 saturated carbocycles. The molecule has 0 aliphatic rings. The SMILES string of the molecule is c1ccc(-n2c3ccccc3c3cc(-c4ccc5c(c4)c4c(n5-c5ccccc5)n5c6ccccc6cc5c5cc6ccccc6n54)ccc32)cc1. The molecule has 0 spiro atoms. The van der Waals surface area contributed by atoms with E-state index in [0.717, 1.165) is 11.3 Å². The minimum Gasteiger partial charge on any atom is -0.309 e. The third-order valence-electron chi connectivity index (χ3n) is 11.1. The summed E-state index contributed by atoms with van der Waals surface area (Å²) in [6.45, 7) is 0. The summed E-state index contributed by atoms with van der Waals surface area (Å²) in [5, 5.41) is 6.19. The molecule has 5 aromatic heterocycles. The largest absolute Gasteiger partial charge is 0.309 e. The Morgan fingerprint density at radius 3 is 1.44 bits per heavy atom. The lowest BCUT2D eigenvalue weighted by Gasteiger charge is -2.12. The van der Waals surface area contributed by atoms with Crippen molar-refractivity contribution in [3.05, 3.63) is 182 Å². The van der Waals surface area contributed by atoms with Crippen LogP contribution in [0.3, 0.4) is 0 Å². The first-order valence-corrected chi connectivity index (χ1v) is 17.9. The molecular weight excluding hydrogens is 633 g/mol. The van der Waals surface area contributed by atoms with E-state index in [9.17, 15) is 0 Å². The summed E-state index contributed by atoms with van der Waals surface area (Å²) in [5.41, 5.74) is 15.5. The van der Waals surface area contributed by atoms with Crippen LogP contribution < -0.4 is 0 Å². The van der Waals surface area contributed by atoms with Gasteiger partial charge in [-0.25, -0.2) is 0 Å². The molecule has 0 amide bonds. The van der Waals surface area contributed by atoms with Crippen molar-refractivity contribution in [3.8, 4) is 22.5 Å². The first kappa shape index (κ1) is 27.7. The number of benzene rings is 7. The van der Waals surface area contributed by atoms with Gasteiger partial charge in [0.05, 0.1) is 44.1 Å². The Bertz CT molecular complexity index is 3390. The summed E-state index contributed by atoms with van der Waals surface area (Å²) >= 11 is 0. The Morgan fingerprint density at radius 2 is 0.769 bits per heavy atom. The molecule has 0 aliphatic heterocycles. The number of rotatable bonds is 3. The molecule has 4 heteroatoms. The van der Waals surface area contributed by atoms with E-state index in [2.05, 4.69) is 200 Å². The van der Waals surface area contributed by atoms with Crippen LogP contribution in [0.25, 0.3) is 99.2 Å². The molecule has 242 valence electrons. The van der Waals surface area contributed by atoms with Gasteiger partial charge in [-0.3, -0.25) is 8.97 Å². The van der Waals surface area contributed by atoms with Crippen LogP contribution in [0.2, 0.25) is 0 Å². The van der Waals surface area contributed by atoms with Gasteiger partial charge in [0.15, 0.2) is 0 Å². The maximum atomic E-state index is 2.50. The number of aromatic nitrogens is 4. The fraction of sp³-hybridized carbons (Fsp3) is 0. The predicted octanol–water partition coefficient (Wildman–Crippen LogP) is 12.4. The van der Waals surface area contributed by atoms with Crippen LogP contribution in [0.4, 0.5) is 0 Å². The highest BCUT2D eigenvalue weighted by molar-refractivity contribution is 6.15. The van der Waals surface area contributed by atoms with Crippen molar-refractivity contribution in [2.75, 3.05) is 0 Å². The number of hydrogen-bond donors (Lipinski definition) is 0. The molecule has 12 rings (SSSR count). The van der Waals surface area contributed by atoms with E-state index < -0.39 is 0 Å². The van der Waals surface area contributed by atoms with Gasteiger partial charge in [-0.15, -0.1) is 0 Å². The Kier molecular flexibility index (Phi) is 5.47. The zero-order valence-corrected chi connectivity index (χ0v) is 28.1. The van der Waals surface area contributed by atoms with E-state index in [1.807, 2.05) is 0 Å². The highest BCUT2D eigenvalue weighted by Gasteiger charge is 2.23. The molecule has 5 heterocycles. The maximum absolute atomic E-state index is 2.50. The molecule has 4 nitrogen and oxygen atoms in total. The first-order valence-electron chi connectivity index (χ1n) is 17.9. The molecular formula is C48H30N4. The Morgan fingerprint density at radius 1 is 0.288 bits per heavy atom. The summed E-state index contributed by atoms with van der Waals surface area (Å²) in [4.78, 5) is 0. The molecule has 12 aromatic rings. The van der Waals surface area contributed by atoms with E-state index >= 15 is 0 Å². The van der Waals surface area contributed by atoms with Crippen LogP contribution in [-0.4, -0.2) is 17.9 Å². The summed E-state index contributed by atoms with van der Waals surface area (Å²) in [6.07, 6.45) is 0. The van der Waals surface area contributed by atoms with Gasteiger partial charge < -0.3 is 8.97 Å². The quantitative estimate of drug-likeness (QED) is 0.179. The molecule has 0 N–H and O–H groups in total. The normalized spacial score (nSPS) is 12.2. The molecule has 0 bridgehead atoms. The average molecular weight is 663 g/mol. The zero-order chi connectivity index (χ0) is 33.9. The first-order chi connectivity index (χ1) is 25.8. The molecule has 0 atom stereocenters. The Balaban J connectivity index is 1.23. The lowest BCUT2D eigenvalue weighted by Crippen LogP contribution is -2.01. The summed E-state index contributed by atoms with van der Waals surface area (Å²) in [7, 11) is 0. The number of hydrogen-bond acceptors (Lipinski definition) is 0. The zero-order valence-electron chi connectivity index (χ0n) is 28.1. The molecule has 0 aliphatic carbocycles. The second kappa shape index (κ2) is 10.3. The third kappa shape index (κ3) is 3.65. The van der Waals surface area contributed by atoms with Crippen LogP contribution >= 0.6 is 0 Å². The van der Waals surface area contributed by atoms with Crippen molar-refractivity contribution in [1.82, 2.24) is 17.9 Å². The third-order valence-corrected chi connectivity index (χ3v) is 11.1. The summed E-state index contributed by atoms with van der Waals surface area (Å²) < 4.78 is 9.82. The summed E-state index contributed by atoms with van der Waals surface area (Å²) in [6, 6.07) is 66.5. The lowest BCUT2D eigenvalue weighted by molar-refractivity contribution is 1.10. The smallest absolute Gasteiger partial charge is 0.148 e. The summed E-state index contributed by atoms with van der Waals surface area (Å²) in [5.74, 6) is 0. The van der Waals surface area contributed by atoms with Gasteiger partial charge in [0.2, 0.25) is 0 Å². The minimum absolute atomic E-state index is 1.14. The van der Waals surface area contributed by atoms with Gasteiger partial charge in [0, 0.05) is 38.3 Å². The van der Waals surface area contributed by atoms with Crippen LogP contribution in [0, 0.1) is 0 Å². The highest BCUT2D eigenvalue weighted by atomic mass is 15.1. The van der Waals surface area contributed by atoms with Crippen molar-refractivity contribution in [2.24, 2.45) is 0 Å². The van der Waals surface area contributed by atoms with Crippen molar-refractivity contribution in [1.29, 1.82) is 0 Å². The van der Waals surface area contributed by atoms with Crippen LogP contribution in [0.15, 0.2) is 182 Å².